The van der Waals surface area contributed by atoms with Crippen LogP contribution in [0.15, 0.2) is 24.3 Å². The van der Waals surface area contributed by atoms with E-state index in [0.717, 1.165) is 23.6 Å². The number of anilines is 1. The molecule has 0 spiro atoms. The van der Waals surface area contributed by atoms with E-state index in [1.165, 1.54) is 5.56 Å². The van der Waals surface area contributed by atoms with Crippen molar-refractivity contribution in [3.8, 4) is 0 Å². The van der Waals surface area contributed by atoms with Crippen LogP contribution < -0.4 is 11.1 Å². The summed E-state index contributed by atoms with van der Waals surface area (Å²) < 4.78 is 0. The quantitative estimate of drug-likeness (QED) is 0.607. The Hall–Kier alpha value is -1.09. The second kappa shape index (κ2) is 5.71. The molecular formula is C12H18N2S. The smallest absolute Gasteiger partial charge is 0.0829 e. The van der Waals surface area contributed by atoms with Gasteiger partial charge < -0.3 is 11.1 Å². The number of hydrogen-bond acceptors (Lipinski definition) is 2. The van der Waals surface area contributed by atoms with Crippen LogP contribution in [0.1, 0.15) is 31.7 Å². The number of nitrogens with two attached hydrogens (primary N) is 1. The van der Waals surface area contributed by atoms with Crippen molar-refractivity contribution >= 4 is 22.9 Å². The largest absolute Gasteiger partial charge is 0.399 e. The van der Waals surface area contributed by atoms with Gasteiger partial charge in [-0.2, -0.15) is 0 Å². The summed E-state index contributed by atoms with van der Waals surface area (Å²) >= 11 is 5.35. The lowest BCUT2D eigenvalue weighted by Gasteiger charge is -2.17. The molecule has 82 valence electrons. The van der Waals surface area contributed by atoms with Gasteiger partial charge in [-0.1, -0.05) is 31.3 Å². The molecule has 0 fully saturated rings. The normalized spacial score (nSPS) is 12.1. The van der Waals surface area contributed by atoms with E-state index in [1.807, 2.05) is 18.2 Å². The highest BCUT2D eigenvalue weighted by atomic mass is 32.1. The zero-order valence-electron chi connectivity index (χ0n) is 9.29. The van der Waals surface area contributed by atoms with Gasteiger partial charge in [-0.25, -0.2) is 0 Å². The minimum Gasteiger partial charge on any atom is -0.399 e. The van der Waals surface area contributed by atoms with Gasteiger partial charge >= 0.3 is 0 Å². The van der Waals surface area contributed by atoms with Crippen molar-refractivity contribution in [1.29, 1.82) is 0 Å². The van der Waals surface area contributed by atoms with E-state index in [2.05, 4.69) is 25.2 Å². The Labute approximate surface area is 96.9 Å². The molecule has 0 saturated carbocycles. The Bertz CT molecular complexity index is 336. The maximum Gasteiger partial charge on any atom is 0.0829 e. The summed E-state index contributed by atoms with van der Waals surface area (Å²) in [6.07, 6.45) is 0.995. The highest BCUT2D eigenvalue weighted by molar-refractivity contribution is 7.80. The third-order valence-corrected chi connectivity index (χ3v) is 2.82. The highest BCUT2D eigenvalue weighted by Crippen LogP contribution is 2.22. The van der Waals surface area contributed by atoms with Gasteiger partial charge in [-0.15, -0.1) is 0 Å². The van der Waals surface area contributed by atoms with Gasteiger partial charge in [0.2, 0.25) is 0 Å². The molecule has 1 atom stereocenters. The average Bonchev–Trinajstić information content (AvgIpc) is 2.19. The van der Waals surface area contributed by atoms with Crippen molar-refractivity contribution in [2.45, 2.75) is 26.2 Å². The molecule has 0 aliphatic carbocycles. The number of likely N-dealkylation sites (N-methyl/N-ethyl adjacent to an activating group) is 1. The molecule has 1 rings (SSSR count). The van der Waals surface area contributed by atoms with Gasteiger partial charge in [0.15, 0.2) is 0 Å². The fourth-order valence-electron chi connectivity index (χ4n) is 1.65. The van der Waals surface area contributed by atoms with Crippen LogP contribution in [-0.2, 0) is 0 Å². The lowest BCUT2D eigenvalue weighted by molar-refractivity contribution is 0.808. The van der Waals surface area contributed by atoms with Crippen molar-refractivity contribution < 1.29 is 0 Å². The van der Waals surface area contributed by atoms with Gasteiger partial charge in [0.1, 0.15) is 0 Å². The lowest BCUT2D eigenvalue weighted by atomic mass is 9.96. The third kappa shape index (κ3) is 3.20. The number of hydrogen-bond donors (Lipinski definition) is 2. The minimum absolute atomic E-state index is 0.281. The fourth-order valence-corrected chi connectivity index (χ4v) is 2.09. The van der Waals surface area contributed by atoms with Crippen LogP contribution in [0.3, 0.4) is 0 Å². The molecule has 0 aliphatic rings. The summed E-state index contributed by atoms with van der Waals surface area (Å²) in [5.41, 5.74) is 7.76. The summed E-state index contributed by atoms with van der Waals surface area (Å²) in [4.78, 5) is 0.908. The topological polar surface area (TPSA) is 38.0 Å². The Morgan fingerprint density at radius 1 is 1.47 bits per heavy atom. The Morgan fingerprint density at radius 3 is 2.73 bits per heavy atom. The Balaban J connectivity index is 2.87. The van der Waals surface area contributed by atoms with Gasteiger partial charge in [-0.3, -0.25) is 0 Å². The Kier molecular flexibility index (Phi) is 4.56. The van der Waals surface area contributed by atoms with Crippen LogP contribution in [0.4, 0.5) is 5.69 Å². The van der Waals surface area contributed by atoms with Crippen LogP contribution in [0.2, 0.25) is 0 Å². The van der Waals surface area contributed by atoms with Crippen molar-refractivity contribution in [3.05, 3.63) is 29.8 Å². The second-order valence-electron chi connectivity index (χ2n) is 3.53. The van der Waals surface area contributed by atoms with Crippen LogP contribution in [0.25, 0.3) is 0 Å². The van der Waals surface area contributed by atoms with Gasteiger partial charge in [0.05, 0.1) is 4.99 Å². The van der Waals surface area contributed by atoms with Crippen molar-refractivity contribution in [2.75, 3.05) is 12.3 Å². The molecule has 0 aromatic heterocycles. The second-order valence-corrected chi connectivity index (χ2v) is 3.97. The molecule has 0 amide bonds. The molecule has 2 nitrogen and oxygen atoms in total. The van der Waals surface area contributed by atoms with Gasteiger partial charge in [0.25, 0.3) is 0 Å². The maximum atomic E-state index is 5.76. The zero-order chi connectivity index (χ0) is 11.3. The van der Waals surface area contributed by atoms with E-state index < -0.39 is 0 Å². The summed E-state index contributed by atoms with van der Waals surface area (Å²) in [5.74, 6) is 0.281. The molecule has 1 aromatic carbocycles. The van der Waals surface area contributed by atoms with Gasteiger partial charge in [0, 0.05) is 18.2 Å². The molecular weight excluding hydrogens is 204 g/mol. The minimum atomic E-state index is 0.281. The summed E-state index contributed by atoms with van der Waals surface area (Å²) in [6, 6.07) is 7.94. The first-order valence-corrected chi connectivity index (χ1v) is 5.73. The first-order chi connectivity index (χ1) is 7.19. The first kappa shape index (κ1) is 12.0. The van der Waals surface area contributed by atoms with Crippen LogP contribution >= 0.6 is 12.2 Å². The van der Waals surface area contributed by atoms with Crippen molar-refractivity contribution in [1.82, 2.24) is 5.32 Å². The highest BCUT2D eigenvalue weighted by Gasteiger charge is 2.13. The molecule has 0 radical (unpaired) electrons. The van der Waals surface area contributed by atoms with E-state index in [4.69, 9.17) is 18.0 Å². The predicted octanol–water partition coefficient (Wildman–Crippen LogP) is 2.70. The molecule has 3 heteroatoms. The summed E-state index contributed by atoms with van der Waals surface area (Å²) in [7, 11) is 0. The number of thiocarbonyl (C=S) groups is 1. The summed E-state index contributed by atoms with van der Waals surface area (Å²) in [5, 5.41) is 3.21. The van der Waals surface area contributed by atoms with Crippen molar-refractivity contribution in [2.24, 2.45) is 0 Å². The third-order valence-electron chi connectivity index (χ3n) is 2.39. The van der Waals surface area contributed by atoms with E-state index >= 15 is 0 Å². The predicted molar refractivity (Wildman–Crippen MR) is 70.2 cm³/mol. The Morgan fingerprint density at radius 2 is 2.20 bits per heavy atom. The maximum absolute atomic E-state index is 5.76. The number of nitrogen functional groups attached to an aromatic ring is 1. The molecule has 1 unspecified atom stereocenters. The number of nitrogens with one attached hydrogen (secondary N) is 1. The van der Waals surface area contributed by atoms with E-state index in [1.54, 1.807) is 0 Å². The standard InChI is InChI=1S/C12H18N2S/c1-3-11(12(15)14-4-2)9-6-5-7-10(13)8-9/h5-8,11H,3-4,13H2,1-2H3,(H,14,15). The molecule has 0 bridgehead atoms. The van der Waals surface area contributed by atoms with E-state index in [9.17, 15) is 0 Å². The summed E-state index contributed by atoms with van der Waals surface area (Å²) in [6.45, 7) is 5.06. The number of benzene rings is 1. The molecule has 0 aliphatic heterocycles. The molecule has 0 heterocycles. The fraction of sp³-hybridized carbons (Fsp3) is 0.417. The first-order valence-electron chi connectivity index (χ1n) is 5.32. The van der Waals surface area contributed by atoms with Crippen molar-refractivity contribution in [3.63, 3.8) is 0 Å². The van der Waals surface area contributed by atoms with E-state index in [-0.39, 0.29) is 5.92 Å². The monoisotopic (exact) mass is 222 g/mol. The molecule has 15 heavy (non-hydrogen) atoms. The van der Waals surface area contributed by atoms with E-state index in [0.29, 0.717) is 0 Å². The number of rotatable bonds is 4. The zero-order valence-corrected chi connectivity index (χ0v) is 10.1. The SMILES string of the molecule is CCNC(=S)C(CC)c1cccc(N)c1. The molecule has 1 aromatic rings. The van der Waals surface area contributed by atoms with Gasteiger partial charge in [-0.05, 0) is 31.0 Å². The van der Waals surface area contributed by atoms with Crippen LogP contribution in [-0.4, -0.2) is 11.5 Å². The molecule has 0 saturated heterocycles. The lowest BCUT2D eigenvalue weighted by Crippen LogP contribution is -2.27. The molecule has 3 N–H and O–H groups in total. The average molecular weight is 222 g/mol. The van der Waals surface area contributed by atoms with Crippen LogP contribution in [0.5, 0.6) is 0 Å². The van der Waals surface area contributed by atoms with Crippen LogP contribution in [0, 0.1) is 0 Å².